The lowest BCUT2D eigenvalue weighted by atomic mass is 9.67. The van der Waals surface area contributed by atoms with Crippen LogP contribution in [0.3, 0.4) is 0 Å². The maximum absolute atomic E-state index is 9.67. The van der Waals surface area contributed by atoms with Crippen LogP contribution < -0.4 is 0 Å². The molecule has 0 spiro atoms. The van der Waals surface area contributed by atoms with Gasteiger partial charge >= 0.3 is 0 Å². The average molecular weight is 210 g/mol. The monoisotopic (exact) mass is 210 g/mol. The quantitative estimate of drug-likeness (QED) is 0.738. The second kappa shape index (κ2) is 3.23. The van der Waals surface area contributed by atoms with Crippen LogP contribution >= 0.6 is 0 Å². The third-order valence-electron chi connectivity index (χ3n) is 5.38. The summed E-state index contributed by atoms with van der Waals surface area (Å²) in [6.45, 7) is 9.82. The number of hydrogen-bond donors (Lipinski definition) is 1. The molecule has 2 aliphatic rings. The number of rotatable bonds is 2. The SMILES string of the molecule is CC1(C)CCC(C2(CO)CC2(C)C)CC1. The van der Waals surface area contributed by atoms with Crippen molar-refractivity contribution in [1.29, 1.82) is 0 Å². The molecule has 2 saturated carbocycles. The molecule has 0 bridgehead atoms. The van der Waals surface area contributed by atoms with Gasteiger partial charge in [0.15, 0.2) is 0 Å². The first-order valence-electron chi connectivity index (χ1n) is 6.44. The van der Waals surface area contributed by atoms with Gasteiger partial charge in [-0.15, -0.1) is 0 Å². The van der Waals surface area contributed by atoms with E-state index in [0.717, 1.165) is 5.92 Å². The summed E-state index contributed by atoms with van der Waals surface area (Å²) in [5, 5.41) is 9.67. The van der Waals surface area contributed by atoms with Gasteiger partial charge < -0.3 is 5.11 Å². The molecule has 0 saturated heterocycles. The van der Waals surface area contributed by atoms with Gasteiger partial charge in [-0.3, -0.25) is 0 Å². The maximum Gasteiger partial charge on any atom is 0.0495 e. The number of hydrogen-bond acceptors (Lipinski definition) is 1. The van der Waals surface area contributed by atoms with Crippen LogP contribution in [0.15, 0.2) is 0 Å². The van der Waals surface area contributed by atoms with Gasteiger partial charge in [-0.2, -0.15) is 0 Å². The minimum atomic E-state index is 0.281. The molecule has 0 aromatic heterocycles. The molecule has 0 amide bonds. The number of aliphatic hydroxyl groups is 1. The van der Waals surface area contributed by atoms with Crippen LogP contribution in [0.5, 0.6) is 0 Å². The third-order valence-corrected chi connectivity index (χ3v) is 5.38. The zero-order chi connectivity index (χ0) is 11.3. The first-order chi connectivity index (χ1) is 6.83. The summed E-state index contributed by atoms with van der Waals surface area (Å²) >= 11 is 0. The zero-order valence-electron chi connectivity index (χ0n) is 10.8. The van der Waals surface area contributed by atoms with Crippen molar-refractivity contribution < 1.29 is 5.11 Å². The Bertz CT molecular complexity index is 244. The molecule has 1 N–H and O–H groups in total. The standard InChI is InChI=1S/C14H26O/c1-12(2)7-5-11(6-8-12)14(10-15)9-13(14,3)4/h11,15H,5-10H2,1-4H3. The summed E-state index contributed by atoms with van der Waals surface area (Å²) in [6.07, 6.45) is 6.58. The molecule has 0 aromatic rings. The van der Waals surface area contributed by atoms with E-state index in [9.17, 15) is 5.11 Å². The van der Waals surface area contributed by atoms with E-state index < -0.39 is 0 Å². The van der Waals surface area contributed by atoms with E-state index in [2.05, 4.69) is 27.7 Å². The van der Waals surface area contributed by atoms with E-state index in [1.54, 1.807) is 0 Å². The minimum Gasteiger partial charge on any atom is -0.396 e. The Balaban J connectivity index is 2.02. The molecule has 1 nitrogen and oxygen atoms in total. The summed E-state index contributed by atoms with van der Waals surface area (Å²) < 4.78 is 0. The summed E-state index contributed by atoms with van der Waals surface area (Å²) in [5.41, 5.74) is 1.23. The topological polar surface area (TPSA) is 20.2 Å². The van der Waals surface area contributed by atoms with Crippen molar-refractivity contribution in [1.82, 2.24) is 0 Å². The predicted molar refractivity (Wildman–Crippen MR) is 63.7 cm³/mol. The van der Waals surface area contributed by atoms with Gasteiger partial charge in [0, 0.05) is 12.0 Å². The Kier molecular flexibility index (Phi) is 2.46. The van der Waals surface area contributed by atoms with Crippen molar-refractivity contribution in [3.63, 3.8) is 0 Å². The minimum absolute atomic E-state index is 0.281. The van der Waals surface area contributed by atoms with E-state index in [0.29, 0.717) is 17.4 Å². The molecular weight excluding hydrogens is 184 g/mol. The van der Waals surface area contributed by atoms with E-state index >= 15 is 0 Å². The second-order valence-electron chi connectivity index (χ2n) is 7.31. The normalized spacial score (nSPS) is 39.0. The maximum atomic E-state index is 9.67. The first kappa shape index (κ1) is 11.4. The van der Waals surface area contributed by atoms with Crippen molar-refractivity contribution in [2.75, 3.05) is 6.61 Å². The average Bonchev–Trinajstić information content (AvgIpc) is 2.70. The smallest absolute Gasteiger partial charge is 0.0495 e. The van der Waals surface area contributed by atoms with E-state index in [-0.39, 0.29) is 5.41 Å². The molecule has 2 aliphatic carbocycles. The molecule has 88 valence electrons. The highest BCUT2D eigenvalue weighted by Crippen LogP contribution is 2.69. The van der Waals surface area contributed by atoms with Crippen LogP contribution in [0.2, 0.25) is 0 Å². The lowest BCUT2D eigenvalue weighted by Crippen LogP contribution is -2.31. The molecule has 1 unspecified atom stereocenters. The Morgan fingerprint density at radius 2 is 1.53 bits per heavy atom. The van der Waals surface area contributed by atoms with Gasteiger partial charge in [0.05, 0.1) is 0 Å². The Morgan fingerprint density at radius 1 is 1.07 bits per heavy atom. The van der Waals surface area contributed by atoms with Crippen molar-refractivity contribution >= 4 is 0 Å². The third kappa shape index (κ3) is 1.73. The molecule has 0 aromatic carbocycles. The number of aliphatic hydroxyl groups excluding tert-OH is 1. The molecule has 1 heteroatoms. The van der Waals surface area contributed by atoms with Crippen LogP contribution in [0.1, 0.15) is 59.8 Å². The zero-order valence-corrected chi connectivity index (χ0v) is 10.8. The van der Waals surface area contributed by atoms with Crippen molar-refractivity contribution in [3.8, 4) is 0 Å². The highest BCUT2D eigenvalue weighted by atomic mass is 16.3. The molecule has 0 radical (unpaired) electrons. The molecular formula is C14H26O. The molecule has 15 heavy (non-hydrogen) atoms. The molecule has 0 heterocycles. The van der Waals surface area contributed by atoms with Crippen molar-refractivity contribution in [2.45, 2.75) is 59.8 Å². The van der Waals surface area contributed by atoms with Crippen LogP contribution in [0.4, 0.5) is 0 Å². The molecule has 2 rings (SSSR count). The second-order valence-corrected chi connectivity index (χ2v) is 7.31. The lowest BCUT2D eigenvalue weighted by molar-refractivity contribution is 0.0670. The van der Waals surface area contributed by atoms with Crippen LogP contribution in [-0.2, 0) is 0 Å². The van der Waals surface area contributed by atoms with Gasteiger partial charge in [-0.05, 0) is 48.9 Å². The Morgan fingerprint density at radius 3 is 1.87 bits per heavy atom. The summed E-state index contributed by atoms with van der Waals surface area (Å²) in [6, 6.07) is 0. The first-order valence-corrected chi connectivity index (χ1v) is 6.44. The van der Waals surface area contributed by atoms with E-state index in [1.807, 2.05) is 0 Å². The van der Waals surface area contributed by atoms with Gasteiger partial charge in [0.1, 0.15) is 0 Å². The van der Waals surface area contributed by atoms with Crippen LogP contribution in [0.25, 0.3) is 0 Å². The fourth-order valence-electron chi connectivity index (χ4n) is 3.79. The predicted octanol–water partition coefficient (Wildman–Crippen LogP) is 3.61. The Hall–Kier alpha value is -0.0400. The fraction of sp³-hybridized carbons (Fsp3) is 1.00. The summed E-state index contributed by atoms with van der Waals surface area (Å²) in [7, 11) is 0. The fourth-order valence-corrected chi connectivity index (χ4v) is 3.79. The van der Waals surface area contributed by atoms with E-state index in [4.69, 9.17) is 0 Å². The largest absolute Gasteiger partial charge is 0.396 e. The van der Waals surface area contributed by atoms with Crippen molar-refractivity contribution in [2.24, 2.45) is 22.2 Å². The van der Waals surface area contributed by atoms with Gasteiger partial charge in [-0.25, -0.2) is 0 Å². The van der Waals surface area contributed by atoms with Crippen molar-refractivity contribution in [3.05, 3.63) is 0 Å². The highest BCUT2D eigenvalue weighted by Gasteiger charge is 2.64. The molecule has 0 aliphatic heterocycles. The van der Waals surface area contributed by atoms with Gasteiger partial charge in [-0.1, -0.05) is 27.7 Å². The van der Waals surface area contributed by atoms with E-state index in [1.165, 1.54) is 32.1 Å². The Labute approximate surface area is 94.3 Å². The van der Waals surface area contributed by atoms with Gasteiger partial charge in [0.25, 0.3) is 0 Å². The molecule has 1 atom stereocenters. The highest BCUT2D eigenvalue weighted by molar-refractivity contribution is 5.13. The lowest BCUT2D eigenvalue weighted by Gasteiger charge is -2.39. The molecule has 2 fully saturated rings. The van der Waals surface area contributed by atoms with Gasteiger partial charge in [0.2, 0.25) is 0 Å². The van der Waals surface area contributed by atoms with Crippen LogP contribution in [-0.4, -0.2) is 11.7 Å². The summed E-state index contributed by atoms with van der Waals surface area (Å²) in [5.74, 6) is 0.783. The van der Waals surface area contributed by atoms with Crippen LogP contribution in [0, 0.1) is 22.2 Å². The summed E-state index contributed by atoms with van der Waals surface area (Å²) in [4.78, 5) is 0.